The molecule has 0 aromatic rings. The van der Waals surface area contributed by atoms with Gasteiger partial charge in [-0.3, -0.25) is 0 Å². The number of ether oxygens (including phenoxy) is 2. The Bertz CT molecular complexity index is 99.8. The van der Waals surface area contributed by atoms with Crippen molar-refractivity contribution >= 4 is 12.2 Å². The third-order valence-corrected chi connectivity index (χ3v) is 0.402. The van der Waals surface area contributed by atoms with Crippen LogP contribution in [0.25, 0.3) is 0 Å². The quantitative estimate of drug-likeness (QED) is 0.482. The Kier molecular flexibility index (Phi) is 8.56. The third kappa shape index (κ3) is 31.1. The zero-order chi connectivity index (χ0) is 8.57. The van der Waals surface area contributed by atoms with Crippen LogP contribution in [0.3, 0.4) is 0 Å². The van der Waals surface area contributed by atoms with E-state index in [4.69, 9.17) is 0 Å². The smallest absolute Gasteiger partial charge is 0.404 e. The summed E-state index contributed by atoms with van der Waals surface area (Å²) in [6, 6.07) is 0. The van der Waals surface area contributed by atoms with Crippen LogP contribution in [0.15, 0.2) is 0 Å². The lowest BCUT2D eigenvalue weighted by Crippen LogP contribution is -2.08. The van der Waals surface area contributed by atoms with Crippen LogP contribution in [-0.2, 0) is 9.47 Å². The molecule has 0 aliphatic carbocycles. The number of nitrogens with two attached hydrogens (primary N) is 2. The molecule has 6 heteroatoms. The predicted molar refractivity (Wildman–Crippen MR) is 33.2 cm³/mol. The zero-order valence-electron chi connectivity index (χ0n) is 5.79. The van der Waals surface area contributed by atoms with Gasteiger partial charge in [-0.1, -0.05) is 0 Å². The lowest BCUT2D eigenvalue weighted by atomic mass is 11.3. The molecule has 2 amide bonds. The van der Waals surface area contributed by atoms with Gasteiger partial charge in [0.05, 0.1) is 14.2 Å². The highest BCUT2D eigenvalue weighted by Crippen LogP contribution is 1.55. The van der Waals surface area contributed by atoms with Crippen molar-refractivity contribution in [1.82, 2.24) is 0 Å². The minimum absolute atomic E-state index is 0.745. The molecule has 0 aromatic heterocycles. The van der Waals surface area contributed by atoms with Crippen LogP contribution >= 0.6 is 0 Å². The molecule has 0 atom stereocenters. The fourth-order valence-corrected chi connectivity index (χ4v) is 0. The van der Waals surface area contributed by atoms with E-state index in [1.165, 1.54) is 14.2 Å². The molecule has 0 bridgehead atoms. The van der Waals surface area contributed by atoms with Crippen molar-refractivity contribution in [2.45, 2.75) is 0 Å². The Hall–Kier alpha value is -1.46. The van der Waals surface area contributed by atoms with Gasteiger partial charge in [0, 0.05) is 0 Å². The predicted octanol–water partition coefficient (Wildman–Crippen LogP) is -0.577. The SMILES string of the molecule is COC(N)=O.COC(N)=O. The summed E-state index contributed by atoms with van der Waals surface area (Å²) in [6.45, 7) is 0. The molecule has 0 saturated heterocycles. The maximum Gasteiger partial charge on any atom is 0.404 e. The maximum absolute atomic E-state index is 9.37. The number of amides is 2. The lowest BCUT2D eigenvalue weighted by molar-refractivity contribution is 0.181. The normalized spacial score (nSPS) is 6.60. The number of primary amides is 2. The monoisotopic (exact) mass is 150 g/mol. The summed E-state index contributed by atoms with van der Waals surface area (Å²) in [5.74, 6) is 0. The number of carbonyl (C=O) groups is 2. The van der Waals surface area contributed by atoms with Gasteiger partial charge in [0.1, 0.15) is 0 Å². The summed E-state index contributed by atoms with van der Waals surface area (Å²) in [7, 11) is 2.45. The molecule has 0 radical (unpaired) electrons. The summed E-state index contributed by atoms with van der Waals surface area (Å²) in [4.78, 5) is 18.7. The number of carbonyl (C=O) groups excluding carboxylic acids is 2. The van der Waals surface area contributed by atoms with Gasteiger partial charge in [0.25, 0.3) is 0 Å². The number of rotatable bonds is 0. The molecule has 0 saturated carbocycles. The molecule has 10 heavy (non-hydrogen) atoms. The molecule has 0 heterocycles. The van der Waals surface area contributed by atoms with E-state index in [2.05, 4.69) is 20.9 Å². The van der Waals surface area contributed by atoms with E-state index in [1.54, 1.807) is 0 Å². The molecular weight excluding hydrogens is 140 g/mol. The first kappa shape index (κ1) is 11.4. The first-order valence-corrected chi connectivity index (χ1v) is 2.21. The molecule has 0 aliphatic heterocycles. The summed E-state index contributed by atoms with van der Waals surface area (Å²) in [5, 5.41) is 0. The number of hydrogen-bond donors (Lipinski definition) is 2. The molecule has 0 rings (SSSR count). The van der Waals surface area contributed by atoms with E-state index in [-0.39, 0.29) is 0 Å². The number of methoxy groups -OCH3 is 2. The van der Waals surface area contributed by atoms with Gasteiger partial charge in [-0.15, -0.1) is 0 Å². The first-order chi connectivity index (χ1) is 4.54. The molecule has 4 N–H and O–H groups in total. The molecule has 0 aromatic carbocycles. The summed E-state index contributed by atoms with van der Waals surface area (Å²) >= 11 is 0. The fourth-order valence-electron chi connectivity index (χ4n) is 0. The molecule has 0 fully saturated rings. The lowest BCUT2D eigenvalue weighted by Gasteiger charge is -1.81. The molecule has 0 spiro atoms. The zero-order valence-corrected chi connectivity index (χ0v) is 5.79. The second-order valence-electron chi connectivity index (χ2n) is 1.05. The average molecular weight is 150 g/mol. The van der Waals surface area contributed by atoms with Crippen molar-refractivity contribution in [2.24, 2.45) is 11.5 Å². The number of hydrogen-bond acceptors (Lipinski definition) is 4. The van der Waals surface area contributed by atoms with Crippen molar-refractivity contribution in [1.29, 1.82) is 0 Å². The Morgan fingerprint density at radius 1 is 1.00 bits per heavy atom. The fraction of sp³-hybridized carbons (Fsp3) is 0.500. The van der Waals surface area contributed by atoms with Crippen LogP contribution < -0.4 is 11.5 Å². The third-order valence-electron chi connectivity index (χ3n) is 0.402. The minimum atomic E-state index is -0.745. The second-order valence-corrected chi connectivity index (χ2v) is 1.05. The Balaban J connectivity index is 0. The average Bonchev–Trinajstić information content (AvgIpc) is 1.89. The Labute approximate surface area is 58.1 Å². The van der Waals surface area contributed by atoms with Crippen molar-refractivity contribution in [3.8, 4) is 0 Å². The molecule has 0 unspecified atom stereocenters. The standard InChI is InChI=1S/2C2H5NO2/c2*1-5-2(3)4/h2*1H3,(H2,3,4). The molecule has 0 aliphatic rings. The van der Waals surface area contributed by atoms with E-state index in [0.717, 1.165) is 0 Å². The Morgan fingerprint density at radius 3 is 1.10 bits per heavy atom. The van der Waals surface area contributed by atoms with Crippen LogP contribution in [0.5, 0.6) is 0 Å². The summed E-state index contributed by atoms with van der Waals surface area (Å²) < 4.78 is 7.78. The van der Waals surface area contributed by atoms with Gasteiger partial charge in [0.15, 0.2) is 0 Å². The van der Waals surface area contributed by atoms with Gasteiger partial charge < -0.3 is 20.9 Å². The van der Waals surface area contributed by atoms with Gasteiger partial charge >= 0.3 is 12.2 Å². The van der Waals surface area contributed by atoms with Crippen LogP contribution in [0.2, 0.25) is 0 Å². The molecule has 60 valence electrons. The highest BCUT2D eigenvalue weighted by Gasteiger charge is 1.76. The van der Waals surface area contributed by atoms with E-state index in [9.17, 15) is 9.59 Å². The van der Waals surface area contributed by atoms with Crippen LogP contribution in [0.4, 0.5) is 9.59 Å². The van der Waals surface area contributed by atoms with Gasteiger partial charge in [-0.05, 0) is 0 Å². The highest BCUT2D eigenvalue weighted by molar-refractivity contribution is 5.64. The first-order valence-electron chi connectivity index (χ1n) is 2.21. The maximum atomic E-state index is 9.37. The van der Waals surface area contributed by atoms with Crippen molar-refractivity contribution in [2.75, 3.05) is 14.2 Å². The van der Waals surface area contributed by atoms with E-state index in [0.29, 0.717) is 0 Å². The second kappa shape index (κ2) is 7.54. The molecule has 6 nitrogen and oxygen atoms in total. The van der Waals surface area contributed by atoms with Crippen molar-refractivity contribution < 1.29 is 19.1 Å². The highest BCUT2D eigenvalue weighted by atomic mass is 16.5. The van der Waals surface area contributed by atoms with E-state index < -0.39 is 12.2 Å². The topological polar surface area (TPSA) is 105 Å². The van der Waals surface area contributed by atoms with Gasteiger partial charge in [0.2, 0.25) is 0 Å². The van der Waals surface area contributed by atoms with Gasteiger partial charge in [-0.25, -0.2) is 9.59 Å². The Morgan fingerprint density at radius 2 is 1.10 bits per heavy atom. The van der Waals surface area contributed by atoms with Crippen LogP contribution in [0, 0.1) is 0 Å². The van der Waals surface area contributed by atoms with Crippen molar-refractivity contribution in [3.63, 3.8) is 0 Å². The van der Waals surface area contributed by atoms with Crippen LogP contribution in [0.1, 0.15) is 0 Å². The minimum Gasteiger partial charge on any atom is -0.453 e. The summed E-state index contributed by atoms with van der Waals surface area (Å²) in [6.07, 6.45) is -1.49. The molecular formula is C4H10N2O4. The van der Waals surface area contributed by atoms with Gasteiger partial charge in [-0.2, -0.15) is 0 Å². The van der Waals surface area contributed by atoms with Crippen LogP contribution in [-0.4, -0.2) is 26.4 Å². The van der Waals surface area contributed by atoms with E-state index >= 15 is 0 Å². The van der Waals surface area contributed by atoms with E-state index in [1.807, 2.05) is 0 Å². The largest absolute Gasteiger partial charge is 0.453 e. The summed E-state index contributed by atoms with van der Waals surface area (Å²) in [5.41, 5.74) is 8.86. The van der Waals surface area contributed by atoms with Crippen molar-refractivity contribution in [3.05, 3.63) is 0 Å².